The summed E-state index contributed by atoms with van der Waals surface area (Å²) in [6, 6.07) is 0.0677. The zero-order valence-corrected chi connectivity index (χ0v) is 12.1. The van der Waals surface area contributed by atoms with E-state index in [1.807, 2.05) is 0 Å². The van der Waals surface area contributed by atoms with Gasteiger partial charge in [-0.2, -0.15) is 0 Å². The molecule has 1 saturated heterocycles. The Kier molecular flexibility index (Phi) is 5.51. The molecule has 6 heteroatoms. The molecule has 1 heterocycles. The maximum atomic E-state index is 12.0. The Morgan fingerprint density at radius 3 is 2.74 bits per heavy atom. The van der Waals surface area contributed by atoms with E-state index in [1.54, 1.807) is 16.7 Å². The molecule has 0 aromatic rings. The summed E-state index contributed by atoms with van der Waals surface area (Å²) in [6.45, 7) is 0.661. The van der Waals surface area contributed by atoms with Gasteiger partial charge in [-0.3, -0.25) is 9.59 Å². The normalized spacial score (nSPS) is 22.6. The molecule has 19 heavy (non-hydrogen) atoms. The van der Waals surface area contributed by atoms with Crippen LogP contribution in [0.5, 0.6) is 0 Å². The van der Waals surface area contributed by atoms with E-state index in [0.717, 1.165) is 12.8 Å². The van der Waals surface area contributed by atoms with Gasteiger partial charge in [0.1, 0.15) is 6.54 Å². The van der Waals surface area contributed by atoms with Crippen molar-refractivity contribution in [2.45, 2.75) is 38.1 Å². The summed E-state index contributed by atoms with van der Waals surface area (Å²) in [6.07, 6.45) is 6.07. The van der Waals surface area contributed by atoms with E-state index in [9.17, 15) is 9.59 Å². The van der Waals surface area contributed by atoms with Crippen LogP contribution < -0.4 is 11.1 Å². The molecule has 2 aliphatic rings. The predicted molar refractivity (Wildman–Crippen MR) is 76.6 cm³/mol. The van der Waals surface area contributed by atoms with Gasteiger partial charge < -0.3 is 16.0 Å². The van der Waals surface area contributed by atoms with E-state index in [2.05, 4.69) is 5.32 Å². The quantitative estimate of drug-likeness (QED) is 0.773. The number of thioether (sulfide) groups is 1. The van der Waals surface area contributed by atoms with Crippen molar-refractivity contribution in [1.29, 1.82) is 0 Å². The molecule has 2 amide bonds. The van der Waals surface area contributed by atoms with Gasteiger partial charge in [-0.1, -0.05) is 19.3 Å². The van der Waals surface area contributed by atoms with Crippen LogP contribution in [0.15, 0.2) is 0 Å². The summed E-state index contributed by atoms with van der Waals surface area (Å²) < 4.78 is 0. The van der Waals surface area contributed by atoms with Crippen LogP contribution in [0, 0.1) is 5.92 Å². The number of nitrogens with two attached hydrogens (primary N) is 1. The molecule has 0 radical (unpaired) electrons. The molecule has 0 aromatic carbocycles. The van der Waals surface area contributed by atoms with Crippen LogP contribution in [0.4, 0.5) is 0 Å². The predicted octanol–water partition coefficient (Wildman–Crippen LogP) is 0.543. The summed E-state index contributed by atoms with van der Waals surface area (Å²) in [5, 5.41) is 3.02. The van der Waals surface area contributed by atoms with Gasteiger partial charge >= 0.3 is 0 Å². The van der Waals surface area contributed by atoms with Gasteiger partial charge in [-0.05, 0) is 18.8 Å². The Morgan fingerprint density at radius 2 is 2.16 bits per heavy atom. The third-order valence-corrected chi connectivity index (χ3v) is 4.92. The molecule has 1 saturated carbocycles. The van der Waals surface area contributed by atoms with Crippen molar-refractivity contribution in [3.63, 3.8) is 0 Å². The molecule has 1 unspecified atom stereocenters. The van der Waals surface area contributed by atoms with Gasteiger partial charge in [-0.15, -0.1) is 11.8 Å². The minimum atomic E-state index is -0.0723. The van der Waals surface area contributed by atoms with Crippen molar-refractivity contribution in [3.8, 4) is 0 Å². The molecule has 1 aliphatic heterocycles. The highest BCUT2D eigenvalue weighted by Gasteiger charge is 2.27. The van der Waals surface area contributed by atoms with Crippen molar-refractivity contribution in [2.75, 3.05) is 24.7 Å². The van der Waals surface area contributed by atoms with Crippen molar-refractivity contribution in [3.05, 3.63) is 0 Å². The zero-order valence-electron chi connectivity index (χ0n) is 11.3. The maximum Gasteiger partial charge on any atom is 0.239 e. The Balaban J connectivity index is 1.80. The molecule has 0 aromatic heterocycles. The highest BCUT2D eigenvalue weighted by molar-refractivity contribution is 8.00. The summed E-state index contributed by atoms with van der Waals surface area (Å²) in [5.41, 5.74) is 5.79. The lowest BCUT2D eigenvalue weighted by molar-refractivity contribution is -0.132. The lowest BCUT2D eigenvalue weighted by Gasteiger charge is -2.30. The molecule has 0 bridgehead atoms. The van der Waals surface area contributed by atoms with E-state index in [-0.39, 0.29) is 24.4 Å². The molecule has 108 valence electrons. The van der Waals surface area contributed by atoms with E-state index in [0.29, 0.717) is 24.1 Å². The van der Waals surface area contributed by atoms with Gasteiger partial charge in [-0.25, -0.2) is 0 Å². The lowest BCUT2D eigenvalue weighted by Crippen LogP contribution is -2.49. The summed E-state index contributed by atoms with van der Waals surface area (Å²) in [5.74, 6) is 1.62. The van der Waals surface area contributed by atoms with E-state index in [4.69, 9.17) is 5.73 Å². The molecule has 5 nitrogen and oxygen atoms in total. The number of hydrogen-bond donors (Lipinski definition) is 2. The average molecular weight is 285 g/mol. The number of nitrogens with one attached hydrogen (secondary N) is 1. The van der Waals surface area contributed by atoms with Crippen LogP contribution in [0.25, 0.3) is 0 Å². The fraction of sp³-hybridized carbons (Fsp3) is 0.846. The third-order valence-electron chi connectivity index (χ3n) is 3.98. The van der Waals surface area contributed by atoms with E-state index < -0.39 is 0 Å². The van der Waals surface area contributed by atoms with Crippen LogP contribution in [-0.4, -0.2) is 47.5 Å². The molecule has 1 aliphatic carbocycles. The standard InChI is InChI=1S/C13H23N3O2S/c14-6-11(10-4-2-1-3-5-10)15-12(17)7-16-9-19-8-13(16)18/h10-11H,1-9,14H2,(H,15,17). The number of rotatable bonds is 5. The molecule has 1 atom stereocenters. The molecular weight excluding hydrogens is 262 g/mol. The van der Waals surface area contributed by atoms with Crippen molar-refractivity contribution >= 4 is 23.6 Å². The number of amides is 2. The number of hydrogen-bond acceptors (Lipinski definition) is 4. The Hall–Kier alpha value is -0.750. The van der Waals surface area contributed by atoms with Gasteiger partial charge in [0.05, 0.1) is 11.6 Å². The van der Waals surface area contributed by atoms with Crippen LogP contribution in [0.1, 0.15) is 32.1 Å². The fourth-order valence-corrected chi connectivity index (χ4v) is 3.78. The maximum absolute atomic E-state index is 12.0. The van der Waals surface area contributed by atoms with Crippen molar-refractivity contribution in [1.82, 2.24) is 10.2 Å². The van der Waals surface area contributed by atoms with Gasteiger partial charge in [0.25, 0.3) is 0 Å². The fourth-order valence-electron chi connectivity index (χ4n) is 2.87. The van der Waals surface area contributed by atoms with Crippen LogP contribution in [0.3, 0.4) is 0 Å². The number of carbonyl (C=O) groups is 2. The second-order valence-electron chi connectivity index (χ2n) is 5.38. The third kappa shape index (κ3) is 4.11. The smallest absolute Gasteiger partial charge is 0.239 e. The molecule has 2 rings (SSSR count). The van der Waals surface area contributed by atoms with Crippen LogP contribution in [0.2, 0.25) is 0 Å². The van der Waals surface area contributed by atoms with Crippen molar-refractivity contribution in [2.24, 2.45) is 11.7 Å². The molecular formula is C13H23N3O2S. The summed E-state index contributed by atoms with van der Waals surface area (Å²) in [7, 11) is 0. The number of carbonyl (C=O) groups excluding carboxylic acids is 2. The highest BCUT2D eigenvalue weighted by atomic mass is 32.2. The highest BCUT2D eigenvalue weighted by Crippen LogP contribution is 2.26. The van der Waals surface area contributed by atoms with E-state index in [1.165, 1.54) is 19.3 Å². The lowest BCUT2D eigenvalue weighted by atomic mass is 9.84. The zero-order chi connectivity index (χ0) is 13.7. The SMILES string of the molecule is NCC(NC(=O)CN1CSCC1=O)C1CCCCC1. The molecule has 0 spiro atoms. The van der Waals surface area contributed by atoms with Crippen LogP contribution >= 0.6 is 11.8 Å². The second kappa shape index (κ2) is 7.14. The molecule has 3 N–H and O–H groups in total. The van der Waals surface area contributed by atoms with E-state index >= 15 is 0 Å². The first-order chi connectivity index (χ1) is 9.20. The first-order valence-electron chi connectivity index (χ1n) is 7.05. The second-order valence-corrected chi connectivity index (χ2v) is 6.33. The average Bonchev–Trinajstić information content (AvgIpc) is 2.82. The first kappa shape index (κ1) is 14.7. The minimum Gasteiger partial charge on any atom is -0.350 e. The van der Waals surface area contributed by atoms with Gasteiger partial charge in [0.15, 0.2) is 0 Å². The van der Waals surface area contributed by atoms with Gasteiger partial charge in [0, 0.05) is 12.6 Å². The largest absolute Gasteiger partial charge is 0.350 e. The minimum absolute atomic E-state index is 0.0575. The summed E-state index contributed by atoms with van der Waals surface area (Å²) in [4.78, 5) is 25.1. The molecule has 2 fully saturated rings. The van der Waals surface area contributed by atoms with Crippen LogP contribution in [-0.2, 0) is 9.59 Å². The first-order valence-corrected chi connectivity index (χ1v) is 8.21. The van der Waals surface area contributed by atoms with Gasteiger partial charge in [0.2, 0.25) is 11.8 Å². The topological polar surface area (TPSA) is 75.4 Å². The van der Waals surface area contributed by atoms with Crippen molar-refractivity contribution < 1.29 is 9.59 Å². The Bertz CT molecular complexity index is 332. The number of nitrogens with zero attached hydrogens (tertiary/aromatic N) is 1. The Morgan fingerprint density at radius 1 is 1.42 bits per heavy atom. The monoisotopic (exact) mass is 285 g/mol. The summed E-state index contributed by atoms with van der Waals surface area (Å²) >= 11 is 1.56. The Labute approximate surface area is 118 Å².